The summed E-state index contributed by atoms with van der Waals surface area (Å²) >= 11 is 3.14. The summed E-state index contributed by atoms with van der Waals surface area (Å²) in [6, 6.07) is 17.5. The molecule has 7 heteroatoms. The topological polar surface area (TPSA) is 76.6 Å². The molecule has 0 spiro atoms. The lowest BCUT2D eigenvalue weighted by molar-refractivity contribution is -0.385. The lowest BCUT2D eigenvalue weighted by Crippen LogP contribution is -2.30. The van der Waals surface area contributed by atoms with E-state index in [2.05, 4.69) is 15.9 Å². The summed E-state index contributed by atoms with van der Waals surface area (Å²) in [6.45, 7) is 0.634. The van der Waals surface area contributed by atoms with E-state index >= 15 is 0 Å². The maximum Gasteiger partial charge on any atom is 0.284 e. The number of hydrogen-bond acceptors (Lipinski definition) is 4. The number of benzene rings is 2. The maximum atomic E-state index is 13.0. The molecule has 0 atom stereocenters. The number of nitro groups is 1. The second-order valence-corrected chi connectivity index (χ2v) is 6.50. The first-order valence-corrected chi connectivity index (χ1v) is 8.63. The summed E-state index contributed by atoms with van der Waals surface area (Å²) < 4.78 is 5.69. The molecule has 1 aromatic heterocycles. The van der Waals surface area contributed by atoms with E-state index in [0.29, 0.717) is 16.8 Å². The second-order valence-electron chi connectivity index (χ2n) is 5.65. The lowest BCUT2D eigenvalue weighted by Gasteiger charge is -2.22. The number of carbonyl (C=O) groups is 1. The summed E-state index contributed by atoms with van der Waals surface area (Å²) in [5, 5.41) is 11.1. The Morgan fingerprint density at radius 3 is 2.50 bits per heavy atom. The standard InChI is InChI=1S/C19H15BrN2O4/c20-17-9-8-15(11-18(17)22(24)25)19(23)21(13-16-7-4-10-26-16)12-14-5-2-1-3-6-14/h1-11H,12-13H2. The van der Waals surface area contributed by atoms with Crippen molar-refractivity contribution in [2.24, 2.45) is 0 Å². The van der Waals surface area contributed by atoms with Gasteiger partial charge >= 0.3 is 0 Å². The van der Waals surface area contributed by atoms with Crippen molar-refractivity contribution in [3.8, 4) is 0 Å². The number of carbonyl (C=O) groups excluding carboxylic acids is 1. The number of amides is 1. The van der Waals surface area contributed by atoms with Gasteiger partial charge < -0.3 is 9.32 Å². The highest BCUT2D eigenvalue weighted by atomic mass is 79.9. The van der Waals surface area contributed by atoms with Crippen LogP contribution in [0.3, 0.4) is 0 Å². The van der Waals surface area contributed by atoms with Crippen LogP contribution in [0.25, 0.3) is 0 Å². The van der Waals surface area contributed by atoms with E-state index in [4.69, 9.17) is 4.42 Å². The zero-order valence-electron chi connectivity index (χ0n) is 13.7. The molecule has 0 unspecified atom stereocenters. The molecule has 26 heavy (non-hydrogen) atoms. The normalized spacial score (nSPS) is 10.5. The summed E-state index contributed by atoms with van der Waals surface area (Å²) in [4.78, 5) is 25.2. The maximum absolute atomic E-state index is 13.0. The molecule has 0 fully saturated rings. The third kappa shape index (κ3) is 4.18. The Labute approximate surface area is 158 Å². The Kier molecular flexibility index (Phi) is 5.48. The van der Waals surface area contributed by atoms with Crippen LogP contribution in [-0.4, -0.2) is 15.7 Å². The van der Waals surface area contributed by atoms with Crippen molar-refractivity contribution in [1.82, 2.24) is 4.90 Å². The van der Waals surface area contributed by atoms with Gasteiger partial charge in [0.25, 0.3) is 11.6 Å². The SMILES string of the molecule is O=C(c1ccc(Br)c([N+](=O)[O-])c1)N(Cc1ccccc1)Cc1ccco1. The minimum atomic E-state index is -0.519. The van der Waals surface area contributed by atoms with Crippen molar-refractivity contribution in [1.29, 1.82) is 0 Å². The number of nitro benzene ring substituents is 1. The number of rotatable bonds is 6. The number of halogens is 1. The van der Waals surface area contributed by atoms with Gasteiger partial charge in [0.1, 0.15) is 5.76 Å². The van der Waals surface area contributed by atoms with Crippen molar-refractivity contribution in [3.05, 3.63) is 98.4 Å². The summed E-state index contributed by atoms with van der Waals surface area (Å²) in [7, 11) is 0. The summed E-state index contributed by atoms with van der Waals surface area (Å²) in [6.07, 6.45) is 1.55. The predicted octanol–water partition coefficient (Wildman–Crippen LogP) is 4.79. The molecule has 0 aliphatic rings. The van der Waals surface area contributed by atoms with Crippen LogP contribution in [0.2, 0.25) is 0 Å². The Balaban J connectivity index is 1.91. The van der Waals surface area contributed by atoms with E-state index in [1.54, 1.807) is 29.4 Å². The van der Waals surface area contributed by atoms with E-state index in [9.17, 15) is 14.9 Å². The van der Waals surface area contributed by atoms with Crippen molar-refractivity contribution in [3.63, 3.8) is 0 Å². The molecule has 0 aliphatic carbocycles. The molecule has 0 aliphatic heterocycles. The molecule has 0 saturated heterocycles. The number of nitrogens with zero attached hydrogens (tertiary/aromatic N) is 2. The van der Waals surface area contributed by atoms with Crippen LogP contribution in [0.5, 0.6) is 0 Å². The van der Waals surface area contributed by atoms with E-state index < -0.39 is 4.92 Å². The molecule has 0 N–H and O–H groups in total. The van der Waals surface area contributed by atoms with E-state index in [-0.39, 0.29) is 23.7 Å². The predicted molar refractivity (Wildman–Crippen MR) is 99.5 cm³/mol. The first-order chi connectivity index (χ1) is 12.5. The average Bonchev–Trinajstić information content (AvgIpc) is 3.15. The quantitative estimate of drug-likeness (QED) is 0.428. The van der Waals surface area contributed by atoms with Gasteiger partial charge in [-0.2, -0.15) is 0 Å². The summed E-state index contributed by atoms with van der Waals surface area (Å²) in [5.41, 5.74) is 1.06. The third-order valence-electron chi connectivity index (χ3n) is 3.82. The Morgan fingerprint density at radius 1 is 1.08 bits per heavy atom. The fourth-order valence-electron chi connectivity index (χ4n) is 2.56. The molecule has 6 nitrogen and oxygen atoms in total. The first-order valence-electron chi connectivity index (χ1n) is 7.84. The molecule has 0 saturated carbocycles. The lowest BCUT2D eigenvalue weighted by atomic mass is 10.1. The Bertz CT molecular complexity index is 911. The van der Waals surface area contributed by atoms with Crippen LogP contribution in [0.4, 0.5) is 5.69 Å². The van der Waals surface area contributed by atoms with Gasteiger partial charge in [0.2, 0.25) is 0 Å². The van der Waals surface area contributed by atoms with Crippen LogP contribution < -0.4 is 0 Å². The van der Waals surface area contributed by atoms with Crippen LogP contribution in [0, 0.1) is 10.1 Å². The molecule has 1 heterocycles. The largest absolute Gasteiger partial charge is 0.467 e. The molecule has 3 rings (SSSR count). The van der Waals surface area contributed by atoms with Gasteiger partial charge in [-0.15, -0.1) is 0 Å². The highest BCUT2D eigenvalue weighted by Crippen LogP contribution is 2.26. The molecule has 3 aromatic rings. The van der Waals surface area contributed by atoms with Gasteiger partial charge in [0, 0.05) is 18.2 Å². The smallest absolute Gasteiger partial charge is 0.284 e. The fraction of sp³-hybridized carbons (Fsp3) is 0.105. The van der Waals surface area contributed by atoms with Crippen LogP contribution >= 0.6 is 15.9 Å². The van der Waals surface area contributed by atoms with Crippen molar-refractivity contribution in [2.45, 2.75) is 13.1 Å². The molecule has 132 valence electrons. The second kappa shape index (κ2) is 7.97. The van der Waals surface area contributed by atoms with Gasteiger partial charge in [-0.1, -0.05) is 30.3 Å². The zero-order chi connectivity index (χ0) is 18.5. The third-order valence-corrected chi connectivity index (χ3v) is 4.49. The van der Waals surface area contributed by atoms with Crippen LogP contribution in [-0.2, 0) is 13.1 Å². The van der Waals surface area contributed by atoms with Crippen LogP contribution in [0.15, 0.2) is 75.8 Å². The minimum Gasteiger partial charge on any atom is -0.467 e. The van der Waals surface area contributed by atoms with E-state index in [1.165, 1.54) is 12.1 Å². The van der Waals surface area contributed by atoms with Crippen molar-refractivity contribution < 1.29 is 14.1 Å². The highest BCUT2D eigenvalue weighted by molar-refractivity contribution is 9.10. The highest BCUT2D eigenvalue weighted by Gasteiger charge is 2.21. The van der Waals surface area contributed by atoms with E-state index in [1.807, 2.05) is 30.3 Å². The number of hydrogen-bond donors (Lipinski definition) is 0. The Morgan fingerprint density at radius 2 is 1.85 bits per heavy atom. The van der Waals surface area contributed by atoms with Crippen LogP contribution in [0.1, 0.15) is 21.7 Å². The van der Waals surface area contributed by atoms with Gasteiger partial charge in [0.15, 0.2) is 0 Å². The van der Waals surface area contributed by atoms with Gasteiger partial charge in [-0.05, 0) is 45.8 Å². The molecular formula is C19H15BrN2O4. The monoisotopic (exact) mass is 414 g/mol. The van der Waals surface area contributed by atoms with E-state index in [0.717, 1.165) is 5.56 Å². The molecular weight excluding hydrogens is 400 g/mol. The van der Waals surface area contributed by atoms with Gasteiger partial charge in [-0.25, -0.2) is 0 Å². The number of furan rings is 1. The first kappa shape index (κ1) is 17.9. The minimum absolute atomic E-state index is 0.145. The Hall–Kier alpha value is -2.93. The molecule has 2 aromatic carbocycles. The molecule has 0 radical (unpaired) electrons. The molecule has 1 amide bonds. The van der Waals surface area contributed by atoms with Crippen molar-refractivity contribution >= 4 is 27.5 Å². The fourth-order valence-corrected chi connectivity index (χ4v) is 2.95. The molecule has 0 bridgehead atoms. The average molecular weight is 415 g/mol. The van der Waals surface area contributed by atoms with Gasteiger partial charge in [-0.3, -0.25) is 14.9 Å². The van der Waals surface area contributed by atoms with Crippen molar-refractivity contribution in [2.75, 3.05) is 0 Å². The zero-order valence-corrected chi connectivity index (χ0v) is 15.3. The van der Waals surface area contributed by atoms with Gasteiger partial charge in [0.05, 0.1) is 22.2 Å². The summed E-state index contributed by atoms with van der Waals surface area (Å²) in [5.74, 6) is 0.335.